The number of ether oxygens (including phenoxy) is 1. The Labute approximate surface area is 123 Å². The Balaban J connectivity index is 2.47. The first-order valence-electron chi connectivity index (χ1n) is 5.54. The number of rotatable bonds is 4. The number of hydrogen-bond donors (Lipinski definition) is 2. The molecule has 0 radical (unpaired) electrons. The van der Waals surface area contributed by atoms with Crippen molar-refractivity contribution >= 4 is 27.5 Å². The lowest BCUT2D eigenvalue weighted by atomic mass is 10.2. The third-order valence-electron chi connectivity index (χ3n) is 2.52. The molecular weight excluding hydrogens is 326 g/mol. The Morgan fingerprint density at radius 1 is 1.25 bits per heavy atom. The van der Waals surface area contributed by atoms with E-state index in [4.69, 9.17) is 15.9 Å². The lowest BCUT2D eigenvalue weighted by Gasteiger charge is -2.10. The van der Waals surface area contributed by atoms with Gasteiger partial charge in [-0.15, -0.1) is 0 Å². The van der Waals surface area contributed by atoms with Gasteiger partial charge in [-0.25, -0.2) is 0 Å². The number of nitro groups is 1. The molecule has 7 heteroatoms. The van der Waals surface area contributed by atoms with Crippen molar-refractivity contribution < 1.29 is 9.66 Å². The van der Waals surface area contributed by atoms with Crippen LogP contribution in [0.4, 0.5) is 5.69 Å². The third-order valence-corrected chi connectivity index (χ3v) is 3.01. The predicted molar refractivity (Wildman–Crippen MR) is 78.3 cm³/mol. The first-order valence-corrected chi connectivity index (χ1v) is 6.33. The summed E-state index contributed by atoms with van der Waals surface area (Å²) < 4.78 is 6.27. The highest BCUT2D eigenvalue weighted by Crippen LogP contribution is 2.33. The molecule has 2 aromatic carbocycles. The van der Waals surface area contributed by atoms with Crippen molar-refractivity contribution in [2.75, 3.05) is 0 Å². The first kappa shape index (κ1) is 14.0. The van der Waals surface area contributed by atoms with Crippen LogP contribution in [0, 0.1) is 15.5 Å². The number of nitrogens with one attached hydrogen (secondary N) is 1. The topological polar surface area (TPSA) is 102 Å². The van der Waals surface area contributed by atoms with Crippen LogP contribution in [0.15, 0.2) is 46.9 Å². The van der Waals surface area contributed by atoms with Crippen LogP contribution in [0.2, 0.25) is 0 Å². The minimum absolute atomic E-state index is 0.0955. The van der Waals surface area contributed by atoms with Crippen molar-refractivity contribution in [2.24, 2.45) is 5.73 Å². The van der Waals surface area contributed by atoms with E-state index >= 15 is 0 Å². The standard InChI is InChI=1S/C13H10BrN3O3/c14-8-5-6-9(13(15)16)12(7-8)20-11-4-2-1-3-10(11)17(18)19/h1-7H,(H3,15,16). The summed E-state index contributed by atoms with van der Waals surface area (Å²) in [6.07, 6.45) is 0. The zero-order chi connectivity index (χ0) is 14.7. The van der Waals surface area contributed by atoms with E-state index < -0.39 is 4.92 Å². The van der Waals surface area contributed by atoms with Crippen LogP contribution in [0.1, 0.15) is 5.56 Å². The number of nitrogen functional groups attached to an aromatic ring is 1. The molecule has 0 bridgehead atoms. The van der Waals surface area contributed by atoms with E-state index in [9.17, 15) is 10.1 Å². The summed E-state index contributed by atoms with van der Waals surface area (Å²) >= 11 is 3.28. The number of amidine groups is 1. The van der Waals surface area contributed by atoms with Gasteiger partial charge in [0.25, 0.3) is 0 Å². The quantitative estimate of drug-likeness (QED) is 0.386. The van der Waals surface area contributed by atoms with Crippen LogP contribution in [0.25, 0.3) is 0 Å². The van der Waals surface area contributed by atoms with Crippen molar-refractivity contribution in [3.63, 3.8) is 0 Å². The van der Waals surface area contributed by atoms with E-state index in [0.29, 0.717) is 5.56 Å². The fraction of sp³-hybridized carbons (Fsp3) is 0. The molecule has 0 unspecified atom stereocenters. The van der Waals surface area contributed by atoms with E-state index in [-0.39, 0.29) is 23.0 Å². The van der Waals surface area contributed by atoms with Gasteiger partial charge in [-0.2, -0.15) is 0 Å². The van der Waals surface area contributed by atoms with Crippen LogP contribution >= 0.6 is 15.9 Å². The zero-order valence-corrected chi connectivity index (χ0v) is 11.8. The molecule has 0 aliphatic carbocycles. The number of benzene rings is 2. The lowest BCUT2D eigenvalue weighted by Crippen LogP contribution is -2.12. The van der Waals surface area contributed by atoms with Gasteiger partial charge in [-0.05, 0) is 24.3 Å². The number of nitrogens with two attached hydrogens (primary N) is 1. The summed E-state index contributed by atoms with van der Waals surface area (Å²) in [6, 6.07) is 10.9. The molecule has 0 spiro atoms. The second-order valence-corrected chi connectivity index (χ2v) is 4.80. The number of hydrogen-bond acceptors (Lipinski definition) is 4. The van der Waals surface area contributed by atoms with Gasteiger partial charge in [0.1, 0.15) is 11.6 Å². The highest BCUT2D eigenvalue weighted by Gasteiger charge is 2.16. The molecule has 0 fully saturated rings. The second kappa shape index (κ2) is 5.70. The van der Waals surface area contributed by atoms with Crippen molar-refractivity contribution in [3.05, 3.63) is 62.6 Å². The molecule has 0 amide bonds. The van der Waals surface area contributed by atoms with E-state index in [1.165, 1.54) is 12.1 Å². The normalized spacial score (nSPS) is 10.1. The number of para-hydroxylation sites is 2. The van der Waals surface area contributed by atoms with Gasteiger partial charge in [0.2, 0.25) is 5.75 Å². The van der Waals surface area contributed by atoms with Crippen LogP contribution in [0.5, 0.6) is 11.5 Å². The summed E-state index contributed by atoms with van der Waals surface area (Å²) in [6.45, 7) is 0. The van der Waals surface area contributed by atoms with E-state index in [0.717, 1.165) is 4.47 Å². The maximum Gasteiger partial charge on any atom is 0.311 e. The molecule has 3 N–H and O–H groups in total. The lowest BCUT2D eigenvalue weighted by molar-refractivity contribution is -0.385. The molecule has 0 saturated heterocycles. The minimum Gasteiger partial charge on any atom is -0.449 e. The highest BCUT2D eigenvalue weighted by molar-refractivity contribution is 9.10. The van der Waals surface area contributed by atoms with Crippen LogP contribution in [0.3, 0.4) is 0 Å². The van der Waals surface area contributed by atoms with E-state index in [1.54, 1.807) is 30.3 Å². The molecule has 0 aliphatic rings. The summed E-state index contributed by atoms with van der Waals surface area (Å²) in [5.41, 5.74) is 5.69. The third kappa shape index (κ3) is 2.94. The molecule has 0 heterocycles. The van der Waals surface area contributed by atoms with E-state index in [1.807, 2.05) is 0 Å². The first-order chi connectivity index (χ1) is 9.49. The molecule has 0 aromatic heterocycles. The maximum absolute atomic E-state index is 10.9. The molecule has 0 atom stereocenters. The van der Waals surface area contributed by atoms with Gasteiger partial charge in [0.15, 0.2) is 0 Å². The predicted octanol–water partition coefficient (Wildman–Crippen LogP) is 3.43. The SMILES string of the molecule is N=C(N)c1ccc(Br)cc1Oc1ccccc1[N+](=O)[O-]. The number of nitrogens with zero attached hydrogens (tertiary/aromatic N) is 1. The monoisotopic (exact) mass is 335 g/mol. The van der Waals surface area contributed by atoms with Crippen molar-refractivity contribution in [3.8, 4) is 11.5 Å². The average molecular weight is 336 g/mol. The van der Waals surface area contributed by atoms with Gasteiger partial charge in [0, 0.05) is 10.5 Å². The Hall–Kier alpha value is -2.41. The molecular formula is C13H10BrN3O3. The van der Waals surface area contributed by atoms with Gasteiger partial charge in [-0.3, -0.25) is 15.5 Å². The fourth-order valence-electron chi connectivity index (χ4n) is 1.62. The second-order valence-electron chi connectivity index (χ2n) is 3.88. The summed E-state index contributed by atoms with van der Waals surface area (Å²) in [5.74, 6) is 0.199. The van der Waals surface area contributed by atoms with Crippen molar-refractivity contribution in [1.82, 2.24) is 0 Å². The molecule has 102 valence electrons. The van der Waals surface area contributed by atoms with Gasteiger partial charge >= 0.3 is 5.69 Å². The van der Waals surface area contributed by atoms with Crippen molar-refractivity contribution in [1.29, 1.82) is 5.41 Å². The van der Waals surface area contributed by atoms with Gasteiger partial charge in [-0.1, -0.05) is 28.1 Å². The van der Waals surface area contributed by atoms with Crippen LogP contribution < -0.4 is 10.5 Å². The molecule has 0 aliphatic heterocycles. The van der Waals surface area contributed by atoms with E-state index in [2.05, 4.69) is 15.9 Å². The Kier molecular flexibility index (Phi) is 3.99. The molecule has 6 nitrogen and oxygen atoms in total. The Bertz CT molecular complexity index is 688. The highest BCUT2D eigenvalue weighted by atomic mass is 79.9. The fourth-order valence-corrected chi connectivity index (χ4v) is 1.96. The number of nitro benzene ring substituents is 1. The minimum atomic E-state index is -0.527. The molecule has 2 aromatic rings. The van der Waals surface area contributed by atoms with Gasteiger partial charge < -0.3 is 10.5 Å². The summed E-state index contributed by atoms with van der Waals surface area (Å²) in [5, 5.41) is 18.4. The van der Waals surface area contributed by atoms with Crippen LogP contribution in [-0.2, 0) is 0 Å². The smallest absolute Gasteiger partial charge is 0.311 e. The maximum atomic E-state index is 10.9. The summed E-state index contributed by atoms with van der Waals surface area (Å²) in [4.78, 5) is 10.4. The molecule has 2 rings (SSSR count). The largest absolute Gasteiger partial charge is 0.449 e. The van der Waals surface area contributed by atoms with Crippen molar-refractivity contribution in [2.45, 2.75) is 0 Å². The molecule has 0 saturated carbocycles. The van der Waals surface area contributed by atoms with Crippen LogP contribution in [-0.4, -0.2) is 10.8 Å². The Morgan fingerprint density at radius 2 is 1.95 bits per heavy atom. The number of halogens is 1. The summed E-state index contributed by atoms with van der Waals surface area (Å²) in [7, 11) is 0. The zero-order valence-electron chi connectivity index (χ0n) is 10.2. The average Bonchev–Trinajstić information content (AvgIpc) is 2.38. The Morgan fingerprint density at radius 3 is 2.60 bits per heavy atom. The van der Waals surface area contributed by atoms with Gasteiger partial charge in [0.05, 0.1) is 10.5 Å². The molecule has 20 heavy (non-hydrogen) atoms.